The molecule has 1 heterocycles. The van der Waals surface area contributed by atoms with Gasteiger partial charge in [0, 0.05) is 15.6 Å². The molecule has 0 aromatic heterocycles. The standard InChI is InChI=1S/C9H14S2/c1-3-5-8-9(6-4-2)11-7-10-8/h3-6,8-9H,7H2,1-2H3/b5-3-,6-4-. The van der Waals surface area contributed by atoms with Crippen LogP contribution in [0.4, 0.5) is 0 Å². The summed E-state index contributed by atoms with van der Waals surface area (Å²) in [5.74, 6) is 0. The van der Waals surface area contributed by atoms with Gasteiger partial charge in [-0.2, -0.15) is 0 Å². The van der Waals surface area contributed by atoms with Gasteiger partial charge in [-0.25, -0.2) is 0 Å². The van der Waals surface area contributed by atoms with E-state index in [-0.39, 0.29) is 0 Å². The zero-order valence-corrected chi connectivity index (χ0v) is 8.62. The molecule has 1 rings (SSSR count). The van der Waals surface area contributed by atoms with Crippen LogP contribution in [0.2, 0.25) is 0 Å². The second-order valence-corrected chi connectivity index (χ2v) is 5.13. The Morgan fingerprint density at radius 2 is 1.45 bits per heavy atom. The molecule has 0 aromatic carbocycles. The Hall–Kier alpha value is 0.180. The summed E-state index contributed by atoms with van der Waals surface area (Å²) in [6.07, 6.45) is 8.91. The van der Waals surface area contributed by atoms with Gasteiger partial charge in [-0.05, 0) is 13.8 Å². The first-order chi connectivity index (χ1) is 5.38. The summed E-state index contributed by atoms with van der Waals surface area (Å²) in [5, 5.41) is 2.66. The summed E-state index contributed by atoms with van der Waals surface area (Å²) in [6, 6.07) is 0. The average molecular weight is 186 g/mol. The van der Waals surface area contributed by atoms with Crippen molar-refractivity contribution in [1.29, 1.82) is 0 Å². The van der Waals surface area contributed by atoms with Crippen LogP contribution in [0.3, 0.4) is 0 Å². The number of hydrogen-bond donors (Lipinski definition) is 0. The van der Waals surface area contributed by atoms with Crippen molar-refractivity contribution in [1.82, 2.24) is 0 Å². The fourth-order valence-corrected chi connectivity index (χ4v) is 4.24. The molecule has 2 atom stereocenters. The molecule has 62 valence electrons. The maximum Gasteiger partial charge on any atom is 0.0405 e. The molecule has 1 saturated heterocycles. The van der Waals surface area contributed by atoms with Crippen LogP contribution in [0.1, 0.15) is 13.8 Å². The van der Waals surface area contributed by atoms with Crippen LogP contribution in [0.15, 0.2) is 24.3 Å². The molecule has 0 bridgehead atoms. The van der Waals surface area contributed by atoms with Gasteiger partial charge in [-0.3, -0.25) is 0 Å². The van der Waals surface area contributed by atoms with Gasteiger partial charge in [0.05, 0.1) is 0 Å². The molecule has 11 heavy (non-hydrogen) atoms. The first-order valence-electron chi connectivity index (χ1n) is 3.87. The average Bonchev–Trinajstić information content (AvgIpc) is 2.39. The van der Waals surface area contributed by atoms with E-state index in [9.17, 15) is 0 Å². The molecule has 1 aliphatic heterocycles. The Morgan fingerprint density at radius 3 is 1.82 bits per heavy atom. The highest BCUT2D eigenvalue weighted by Crippen LogP contribution is 2.38. The normalized spacial score (nSPS) is 32.5. The van der Waals surface area contributed by atoms with E-state index < -0.39 is 0 Å². The zero-order valence-electron chi connectivity index (χ0n) is 6.99. The second kappa shape index (κ2) is 4.94. The van der Waals surface area contributed by atoms with E-state index in [1.54, 1.807) is 0 Å². The highest BCUT2D eigenvalue weighted by Gasteiger charge is 2.23. The monoisotopic (exact) mass is 186 g/mol. The minimum atomic E-state index is 0.709. The molecule has 2 heteroatoms. The largest absolute Gasteiger partial charge is 0.142 e. The Kier molecular flexibility index (Phi) is 4.16. The number of thioether (sulfide) groups is 2. The van der Waals surface area contributed by atoms with Gasteiger partial charge >= 0.3 is 0 Å². The van der Waals surface area contributed by atoms with E-state index in [1.165, 1.54) is 5.08 Å². The molecular formula is C9H14S2. The summed E-state index contributed by atoms with van der Waals surface area (Å²) in [5.41, 5.74) is 0. The molecule has 0 saturated carbocycles. The minimum Gasteiger partial charge on any atom is -0.142 e. The lowest BCUT2D eigenvalue weighted by molar-refractivity contribution is 1.10. The van der Waals surface area contributed by atoms with Gasteiger partial charge in [-0.15, -0.1) is 23.5 Å². The van der Waals surface area contributed by atoms with E-state index in [1.807, 2.05) is 23.5 Å². The highest BCUT2D eigenvalue weighted by atomic mass is 32.2. The van der Waals surface area contributed by atoms with Gasteiger partial charge in [0.1, 0.15) is 0 Å². The zero-order chi connectivity index (χ0) is 8.10. The van der Waals surface area contributed by atoms with E-state index >= 15 is 0 Å². The van der Waals surface area contributed by atoms with E-state index in [2.05, 4.69) is 38.2 Å². The smallest absolute Gasteiger partial charge is 0.0405 e. The van der Waals surface area contributed by atoms with E-state index in [4.69, 9.17) is 0 Å². The van der Waals surface area contributed by atoms with Crippen LogP contribution >= 0.6 is 23.5 Å². The van der Waals surface area contributed by atoms with Gasteiger partial charge in [0.15, 0.2) is 0 Å². The molecule has 0 aliphatic carbocycles. The molecule has 0 spiro atoms. The molecule has 1 aliphatic rings. The van der Waals surface area contributed by atoms with Crippen LogP contribution in [-0.4, -0.2) is 15.6 Å². The third kappa shape index (κ3) is 2.60. The lowest BCUT2D eigenvalue weighted by Gasteiger charge is -2.08. The molecule has 0 N–H and O–H groups in total. The van der Waals surface area contributed by atoms with Crippen LogP contribution in [-0.2, 0) is 0 Å². The van der Waals surface area contributed by atoms with E-state index in [0.29, 0.717) is 10.5 Å². The van der Waals surface area contributed by atoms with Crippen molar-refractivity contribution < 1.29 is 0 Å². The van der Waals surface area contributed by atoms with Crippen LogP contribution in [0, 0.1) is 0 Å². The summed E-state index contributed by atoms with van der Waals surface area (Å²) in [7, 11) is 0. The first kappa shape index (κ1) is 9.27. The lowest BCUT2D eigenvalue weighted by atomic mass is 10.2. The molecular weight excluding hydrogens is 172 g/mol. The Labute approximate surface area is 77.5 Å². The van der Waals surface area contributed by atoms with Gasteiger partial charge in [0.25, 0.3) is 0 Å². The SMILES string of the molecule is C/C=C\C1SCSC1/C=C\C. The third-order valence-corrected chi connectivity index (χ3v) is 4.54. The van der Waals surface area contributed by atoms with Gasteiger partial charge in [-0.1, -0.05) is 24.3 Å². The summed E-state index contributed by atoms with van der Waals surface area (Å²) in [6.45, 7) is 4.19. The van der Waals surface area contributed by atoms with Crippen molar-refractivity contribution in [2.45, 2.75) is 24.3 Å². The Morgan fingerprint density at radius 1 is 1.00 bits per heavy atom. The van der Waals surface area contributed by atoms with Crippen LogP contribution in [0.5, 0.6) is 0 Å². The third-order valence-electron chi connectivity index (χ3n) is 1.61. The number of rotatable bonds is 2. The number of allylic oxidation sites excluding steroid dienone is 2. The molecule has 0 nitrogen and oxygen atoms in total. The quantitative estimate of drug-likeness (QED) is 0.607. The second-order valence-electron chi connectivity index (χ2n) is 2.43. The summed E-state index contributed by atoms with van der Waals surface area (Å²) < 4.78 is 0. The van der Waals surface area contributed by atoms with Gasteiger partial charge in [0.2, 0.25) is 0 Å². The summed E-state index contributed by atoms with van der Waals surface area (Å²) in [4.78, 5) is 0. The van der Waals surface area contributed by atoms with Crippen molar-refractivity contribution in [2.75, 3.05) is 5.08 Å². The molecule has 0 amide bonds. The molecule has 2 unspecified atom stereocenters. The molecule has 0 aromatic rings. The van der Waals surface area contributed by atoms with Crippen molar-refractivity contribution in [2.24, 2.45) is 0 Å². The fourth-order valence-electron chi connectivity index (χ4n) is 1.10. The lowest BCUT2D eigenvalue weighted by Crippen LogP contribution is -2.08. The predicted octanol–water partition coefficient (Wildman–Crippen LogP) is 3.31. The van der Waals surface area contributed by atoms with Gasteiger partial charge < -0.3 is 0 Å². The summed E-state index contributed by atoms with van der Waals surface area (Å²) >= 11 is 4.08. The Balaban J connectivity index is 2.50. The Bertz CT molecular complexity index is 143. The maximum atomic E-state index is 2.30. The topological polar surface area (TPSA) is 0 Å². The van der Waals surface area contributed by atoms with Crippen molar-refractivity contribution in [3.05, 3.63) is 24.3 Å². The molecule has 1 fully saturated rings. The van der Waals surface area contributed by atoms with Crippen LogP contribution in [0.25, 0.3) is 0 Å². The van der Waals surface area contributed by atoms with Crippen molar-refractivity contribution >= 4 is 23.5 Å². The first-order valence-corrected chi connectivity index (χ1v) is 5.97. The van der Waals surface area contributed by atoms with E-state index in [0.717, 1.165) is 0 Å². The van der Waals surface area contributed by atoms with Crippen molar-refractivity contribution in [3.63, 3.8) is 0 Å². The maximum absolute atomic E-state index is 2.30. The van der Waals surface area contributed by atoms with Crippen molar-refractivity contribution in [3.8, 4) is 0 Å². The predicted molar refractivity (Wildman–Crippen MR) is 57.3 cm³/mol. The molecule has 0 radical (unpaired) electrons. The highest BCUT2D eigenvalue weighted by molar-refractivity contribution is 8.20. The number of hydrogen-bond acceptors (Lipinski definition) is 2. The minimum absolute atomic E-state index is 0.709. The fraction of sp³-hybridized carbons (Fsp3) is 0.556. The van der Waals surface area contributed by atoms with Crippen LogP contribution < -0.4 is 0 Å².